The molecule has 1 aromatic heterocycles. The van der Waals surface area contributed by atoms with E-state index in [2.05, 4.69) is 20.2 Å². The fraction of sp³-hybridized carbons (Fsp3) is 0.273. The molecule has 9 heteroatoms. The second kappa shape index (κ2) is 10.1. The van der Waals surface area contributed by atoms with E-state index in [1.54, 1.807) is 0 Å². The second-order valence-electron chi connectivity index (χ2n) is 7.47. The van der Waals surface area contributed by atoms with E-state index < -0.39 is 23.6 Å². The molecule has 3 aromatic rings. The summed E-state index contributed by atoms with van der Waals surface area (Å²) in [6.45, 7) is 1.27. The lowest BCUT2D eigenvalue weighted by atomic mass is 9.90. The molecule has 0 radical (unpaired) electrons. The van der Waals surface area contributed by atoms with Gasteiger partial charge in [-0.15, -0.1) is 5.10 Å². The molecule has 1 heterocycles. The quantitative estimate of drug-likeness (QED) is 0.405. The molecule has 0 aliphatic rings. The number of carboxylic acid groups (broad SMARTS) is 1. The summed E-state index contributed by atoms with van der Waals surface area (Å²) < 4.78 is 3.84. The Morgan fingerprint density at radius 2 is 1.81 bits per heavy atom. The maximum Gasteiger partial charge on any atom is 0.405 e. The molecule has 1 unspecified atom stereocenters. The molecule has 2 aromatic carbocycles. The van der Waals surface area contributed by atoms with Crippen LogP contribution in [0.2, 0.25) is 0 Å². The van der Waals surface area contributed by atoms with Crippen molar-refractivity contribution in [2.24, 2.45) is 0 Å². The highest BCUT2D eigenvalue weighted by Crippen LogP contribution is 2.21. The third kappa shape index (κ3) is 6.09. The van der Waals surface area contributed by atoms with Gasteiger partial charge >= 0.3 is 6.09 Å². The van der Waals surface area contributed by atoms with Gasteiger partial charge in [0.25, 0.3) is 0 Å². The number of carbonyl (C=O) groups excluding carboxylic acids is 1. The lowest BCUT2D eigenvalue weighted by Gasteiger charge is -2.30. The number of carbonyl (C=O) groups is 2. The summed E-state index contributed by atoms with van der Waals surface area (Å²) in [4.78, 5) is 24.5. The standard InChI is InChI=1S/C22H24N4O4S/c1-22(24-21(29)30,12-16-7-9-17(10-8-16)19-14-31-26-25-19)20(28)23-18(13-27)11-15-5-3-2-4-6-15/h2-10,14,18,24,27H,11-13H2,1H3,(H,23,28)(H,29,30)/t18?,22-/m0/s1. The Morgan fingerprint density at radius 1 is 1.10 bits per heavy atom. The number of aromatic nitrogens is 2. The van der Waals surface area contributed by atoms with Crippen LogP contribution in [-0.2, 0) is 17.6 Å². The minimum Gasteiger partial charge on any atom is -0.465 e. The van der Waals surface area contributed by atoms with Crippen molar-refractivity contribution in [3.05, 3.63) is 71.1 Å². The van der Waals surface area contributed by atoms with Gasteiger partial charge in [0.2, 0.25) is 5.91 Å². The van der Waals surface area contributed by atoms with Crippen LogP contribution < -0.4 is 10.6 Å². The van der Waals surface area contributed by atoms with Crippen LogP contribution in [0, 0.1) is 0 Å². The van der Waals surface area contributed by atoms with Gasteiger partial charge < -0.3 is 20.8 Å². The minimum atomic E-state index is -1.42. The number of hydrogen-bond acceptors (Lipinski definition) is 6. The van der Waals surface area contributed by atoms with Crippen LogP contribution in [0.3, 0.4) is 0 Å². The van der Waals surface area contributed by atoms with E-state index in [-0.39, 0.29) is 13.0 Å². The van der Waals surface area contributed by atoms with Crippen molar-refractivity contribution in [1.29, 1.82) is 0 Å². The van der Waals surface area contributed by atoms with Crippen LogP contribution in [-0.4, -0.2) is 50.0 Å². The number of rotatable bonds is 9. The summed E-state index contributed by atoms with van der Waals surface area (Å²) in [6.07, 6.45) is -0.723. The molecule has 0 aliphatic carbocycles. The maximum atomic E-state index is 13.1. The van der Waals surface area contributed by atoms with Crippen LogP contribution >= 0.6 is 11.5 Å². The number of aliphatic hydroxyl groups excluding tert-OH is 1. The van der Waals surface area contributed by atoms with Gasteiger partial charge in [-0.25, -0.2) is 4.79 Å². The summed E-state index contributed by atoms with van der Waals surface area (Å²) in [5.74, 6) is -0.502. The Hall–Kier alpha value is -3.30. The van der Waals surface area contributed by atoms with Crippen LogP contribution in [0.5, 0.6) is 0 Å². The van der Waals surface area contributed by atoms with Gasteiger partial charge in [0, 0.05) is 17.4 Å². The molecule has 2 amide bonds. The summed E-state index contributed by atoms with van der Waals surface area (Å²) >= 11 is 1.26. The first kappa shape index (κ1) is 22.4. The summed E-state index contributed by atoms with van der Waals surface area (Å²) in [7, 11) is 0. The van der Waals surface area contributed by atoms with E-state index in [4.69, 9.17) is 0 Å². The monoisotopic (exact) mass is 440 g/mol. The number of nitrogens with one attached hydrogen (secondary N) is 2. The van der Waals surface area contributed by atoms with Crippen LogP contribution in [0.4, 0.5) is 4.79 Å². The van der Waals surface area contributed by atoms with Crippen molar-refractivity contribution >= 4 is 23.5 Å². The van der Waals surface area contributed by atoms with Gasteiger partial charge in [-0.3, -0.25) is 4.79 Å². The molecule has 31 heavy (non-hydrogen) atoms. The SMILES string of the molecule is C[C@@](Cc1ccc(-c2csnn2)cc1)(NC(=O)O)C(=O)NC(CO)Cc1ccccc1. The number of benzene rings is 2. The highest BCUT2D eigenvalue weighted by molar-refractivity contribution is 7.03. The van der Waals surface area contributed by atoms with Gasteiger partial charge in [-0.1, -0.05) is 59.1 Å². The van der Waals surface area contributed by atoms with Crippen LogP contribution in [0.1, 0.15) is 18.1 Å². The third-order valence-corrected chi connectivity index (χ3v) is 5.44. The highest BCUT2D eigenvalue weighted by Gasteiger charge is 2.36. The first-order valence-corrected chi connectivity index (χ1v) is 10.6. The fourth-order valence-electron chi connectivity index (χ4n) is 3.31. The van der Waals surface area contributed by atoms with Crippen molar-refractivity contribution in [2.75, 3.05) is 6.61 Å². The average molecular weight is 441 g/mol. The summed E-state index contributed by atoms with van der Waals surface area (Å²) in [6, 6.07) is 16.3. The molecule has 0 saturated carbocycles. The first-order valence-electron chi connectivity index (χ1n) is 9.73. The Morgan fingerprint density at radius 3 is 2.39 bits per heavy atom. The molecule has 0 fully saturated rings. The van der Waals surface area contributed by atoms with E-state index in [0.29, 0.717) is 6.42 Å². The molecule has 0 bridgehead atoms. The Balaban J connectivity index is 1.73. The second-order valence-corrected chi connectivity index (χ2v) is 8.08. The number of amides is 2. The van der Waals surface area contributed by atoms with Gasteiger partial charge in [0.05, 0.1) is 12.6 Å². The predicted octanol–water partition coefficient (Wildman–Crippen LogP) is 2.49. The maximum absolute atomic E-state index is 13.1. The molecule has 162 valence electrons. The van der Waals surface area contributed by atoms with Gasteiger partial charge in [0.15, 0.2) is 0 Å². The van der Waals surface area contributed by atoms with Gasteiger partial charge in [-0.2, -0.15) is 0 Å². The molecule has 3 rings (SSSR count). The van der Waals surface area contributed by atoms with Crippen molar-refractivity contribution in [1.82, 2.24) is 20.2 Å². The van der Waals surface area contributed by atoms with Crippen molar-refractivity contribution in [3.8, 4) is 11.3 Å². The Labute approximate surface area is 184 Å². The molecule has 0 spiro atoms. The topological polar surface area (TPSA) is 124 Å². The van der Waals surface area contributed by atoms with E-state index in [1.807, 2.05) is 60.0 Å². The summed E-state index contributed by atoms with van der Waals surface area (Å²) in [5, 5.41) is 30.0. The Bertz CT molecular complexity index is 996. The fourth-order valence-corrected chi connectivity index (χ4v) is 3.78. The molecule has 0 saturated heterocycles. The zero-order valence-electron chi connectivity index (χ0n) is 17.0. The Kier molecular flexibility index (Phi) is 7.32. The van der Waals surface area contributed by atoms with E-state index in [9.17, 15) is 19.8 Å². The van der Waals surface area contributed by atoms with Crippen LogP contribution in [0.25, 0.3) is 11.3 Å². The average Bonchev–Trinajstić information content (AvgIpc) is 3.29. The minimum absolute atomic E-state index is 0.143. The van der Waals surface area contributed by atoms with E-state index in [0.717, 1.165) is 22.4 Å². The smallest absolute Gasteiger partial charge is 0.405 e. The number of hydrogen-bond donors (Lipinski definition) is 4. The lowest BCUT2D eigenvalue weighted by Crippen LogP contribution is -2.60. The molecular weight excluding hydrogens is 416 g/mol. The number of nitrogens with zero attached hydrogens (tertiary/aromatic N) is 2. The third-order valence-electron chi connectivity index (χ3n) is 4.93. The van der Waals surface area contributed by atoms with Gasteiger partial charge in [-0.05, 0) is 36.0 Å². The normalized spacial score (nSPS) is 13.7. The molecule has 0 aliphatic heterocycles. The number of aliphatic hydroxyl groups is 1. The van der Waals surface area contributed by atoms with Crippen molar-refractivity contribution in [3.63, 3.8) is 0 Å². The lowest BCUT2D eigenvalue weighted by molar-refractivity contribution is -0.127. The van der Waals surface area contributed by atoms with E-state index >= 15 is 0 Å². The largest absolute Gasteiger partial charge is 0.465 e. The zero-order chi connectivity index (χ0) is 22.3. The van der Waals surface area contributed by atoms with E-state index in [1.165, 1.54) is 18.5 Å². The van der Waals surface area contributed by atoms with Crippen LogP contribution in [0.15, 0.2) is 60.0 Å². The summed E-state index contributed by atoms with van der Waals surface area (Å²) in [5.41, 5.74) is 1.97. The molecular formula is C22H24N4O4S. The van der Waals surface area contributed by atoms with Crippen molar-refractivity contribution in [2.45, 2.75) is 31.3 Å². The van der Waals surface area contributed by atoms with Crippen molar-refractivity contribution < 1.29 is 19.8 Å². The zero-order valence-corrected chi connectivity index (χ0v) is 17.8. The first-order chi connectivity index (χ1) is 14.9. The predicted molar refractivity (Wildman–Crippen MR) is 118 cm³/mol. The highest BCUT2D eigenvalue weighted by atomic mass is 32.1. The molecule has 4 N–H and O–H groups in total. The molecule has 2 atom stereocenters. The molecule has 8 nitrogen and oxygen atoms in total. The van der Waals surface area contributed by atoms with Gasteiger partial charge in [0.1, 0.15) is 11.2 Å².